The standard InChI is InChI=1S/C8H14N2S/c1-6-4-5-11-8(9-6)10-7-2-3-7/h6-7H,2-5H2,1H3,(H,9,10). The molecule has 0 aromatic heterocycles. The van der Waals surface area contributed by atoms with Crippen LogP contribution in [0.25, 0.3) is 0 Å². The van der Waals surface area contributed by atoms with E-state index in [4.69, 9.17) is 0 Å². The lowest BCUT2D eigenvalue weighted by Crippen LogP contribution is -2.35. The van der Waals surface area contributed by atoms with E-state index in [1.54, 1.807) is 0 Å². The van der Waals surface area contributed by atoms with Crippen LogP contribution in [0.5, 0.6) is 0 Å². The number of hydrogen-bond donors (Lipinski definition) is 1. The van der Waals surface area contributed by atoms with Crippen LogP contribution in [0.15, 0.2) is 4.99 Å². The lowest BCUT2D eigenvalue weighted by molar-refractivity contribution is 0.642. The molecular weight excluding hydrogens is 156 g/mol. The zero-order chi connectivity index (χ0) is 7.68. The summed E-state index contributed by atoms with van der Waals surface area (Å²) >= 11 is 1.87. The van der Waals surface area contributed by atoms with Gasteiger partial charge in [0.15, 0.2) is 5.17 Å². The molecule has 0 bridgehead atoms. The molecule has 2 aliphatic rings. The monoisotopic (exact) mass is 170 g/mol. The molecule has 2 fully saturated rings. The van der Waals surface area contributed by atoms with Crippen molar-refractivity contribution in [3.05, 3.63) is 0 Å². The summed E-state index contributed by atoms with van der Waals surface area (Å²) in [6.45, 7) is 2.22. The van der Waals surface area contributed by atoms with Crippen LogP contribution in [0.2, 0.25) is 0 Å². The van der Waals surface area contributed by atoms with Crippen LogP contribution < -0.4 is 5.32 Å². The van der Waals surface area contributed by atoms with Crippen molar-refractivity contribution in [2.24, 2.45) is 4.99 Å². The zero-order valence-electron chi connectivity index (χ0n) is 6.84. The van der Waals surface area contributed by atoms with Crippen LogP contribution in [0.1, 0.15) is 26.2 Å². The Bertz CT molecular complexity index is 175. The third kappa shape index (κ3) is 2.12. The van der Waals surface area contributed by atoms with Crippen molar-refractivity contribution in [3.63, 3.8) is 0 Å². The third-order valence-electron chi connectivity index (χ3n) is 2.01. The van der Waals surface area contributed by atoms with E-state index in [0.717, 1.165) is 0 Å². The number of nitrogens with zero attached hydrogens (tertiary/aromatic N) is 1. The molecule has 2 rings (SSSR count). The van der Waals surface area contributed by atoms with Crippen molar-refractivity contribution in [2.45, 2.75) is 38.3 Å². The number of aliphatic imine (C=N–C) groups is 1. The smallest absolute Gasteiger partial charge is 0.157 e. The Kier molecular flexibility index (Phi) is 2.07. The molecule has 1 unspecified atom stereocenters. The van der Waals surface area contributed by atoms with Crippen LogP contribution in [-0.4, -0.2) is 23.0 Å². The molecule has 0 amide bonds. The zero-order valence-corrected chi connectivity index (χ0v) is 7.66. The Hall–Kier alpha value is -0.180. The molecule has 0 radical (unpaired) electrons. The fourth-order valence-electron chi connectivity index (χ4n) is 1.10. The fourth-order valence-corrected chi connectivity index (χ4v) is 2.27. The maximum absolute atomic E-state index is 4.57. The van der Waals surface area contributed by atoms with Gasteiger partial charge in [-0.05, 0) is 26.2 Å². The van der Waals surface area contributed by atoms with E-state index in [2.05, 4.69) is 17.2 Å². The van der Waals surface area contributed by atoms with Crippen LogP contribution in [0, 0.1) is 0 Å². The van der Waals surface area contributed by atoms with E-state index in [9.17, 15) is 0 Å². The van der Waals surface area contributed by atoms with Crippen molar-refractivity contribution < 1.29 is 0 Å². The van der Waals surface area contributed by atoms with Crippen LogP contribution in [-0.2, 0) is 0 Å². The topological polar surface area (TPSA) is 24.4 Å². The predicted molar refractivity (Wildman–Crippen MR) is 50.1 cm³/mol. The van der Waals surface area contributed by atoms with Gasteiger partial charge in [0, 0.05) is 11.8 Å². The summed E-state index contributed by atoms with van der Waals surface area (Å²) in [6, 6.07) is 1.30. The van der Waals surface area contributed by atoms with Crippen molar-refractivity contribution in [2.75, 3.05) is 5.75 Å². The third-order valence-corrected chi connectivity index (χ3v) is 2.94. The molecule has 1 saturated heterocycles. The van der Waals surface area contributed by atoms with Gasteiger partial charge in [0.25, 0.3) is 0 Å². The number of hydrogen-bond acceptors (Lipinski definition) is 2. The molecule has 2 nitrogen and oxygen atoms in total. The van der Waals surface area contributed by atoms with Crippen LogP contribution >= 0.6 is 11.8 Å². The van der Waals surface area contributed by atoms with Gasteiger partial charge >= 0.3 is 0 Å². The van der Waals surface area contributed by atoms with Crippen molar-refractivity contribution in [1.82, 2.24) is 5.32 Å². The van der Waals surface area contributed by atoms with Gasteiger partial charge in [0.05, 0.1) is 6.04 Å². The minimum Gasteiger partial charge on any atom is -0.362 e. The van der Waals surface area contributed by atoms with Crippen molar-refractivity contribution in [1.29, 1.82) is 0 Å². The van der Waals surface area contributed by atoms with E-state index in [0.29, 0.717) is 12.1 Å². The van der Waals surface area contributed by atoms with Gasteiger partial charge in [-0.1, -0.05) is 11.8 Å². The summed E-state index contributed by atoms with van der Waals surface area (Å²) in [4.78, 5) is 4.57. The van der Waals surface area contributed by atoms with E-state index < -0.39 is 0 Å². The molecule has 3 heteroatoms. The van der Waals surface area contributed by atoms with Crippen molar-refractivity contribution in [3.8, 4) is 0 Å². The normalized spacial score (nSPS) is 35.4. The Morgan fingerprint density at radius 2 is 2.27 bits per heavy atom. The largest absolute Gasteiger partial charge is 0.362 e. The van der Waals surface area contributed by atoms with Gasteiger partial charge in [-0.15, -0.1) is 0 Å². The van der Waals surface area contributed by atoms with Gasteiger partial charge in [0.1, 0.15) is 0 Å². The first-order valence-corrected chi connectivity index (χ1v) is 5.30. The molecule has 1 saturated carbocycles. The van der Waals surface area contributed by atoms with Gasteiger partial charge in [-0.2, -0.15) is 0 Å². The molecule has 0 spiro atoms. The highest BCUT2D eigenvalue weighted by molar-refractivity contribution is 8.13. The number of thioether (sulfide) groups is 1. The van der Waals surface area contributed by atoms with Gasteiger partial charge in [0.2, 0.25) is 0 Å². The summed E-state index contributed by atoms with van der Waals surface area (Å²) in [6.07, 6.45) is 3.88. The number of rotatable bonds is 1. The minimum atomic E-state index is 0.633. The molecule has 1 heterocycles. The van der Waals surface area contributed by atoms with E-state index >= 15 is 0 Å². The second kappa shape index (κ2) is 3.05. The maximum atomic E-state index is 4.57. The SMILES string of the molecule is CC1CCSC(=NC2CC2)N1. The lowest BCUT2D eigenvalue weighted by Gasteiger charge is -2.21. The first kappa shape index (κ1) is 7.47. The first-order valence-electron chi connectivity index (χ1n) is 4.32. The Morgan fingerprint density at radius 1 is 1.45 bits per heavy atom. The van der Waals surface area contributed by atoms with E-state index in [-0.39, 0.29) is 0 Å². The molecule has 11 heavy (non-hydrogen) atoms. The highest BCUT2D eigenvalue weighted by Gasteiger charge is 2.22. The molecular formula is C8H14N2S. The second-order valence-electron chi connectivity index (χ2n) is 3.35. The van der Waals surface area contributed by atoms with E-state index in [1.165, 1.54) is 30.2 Å². The predicted octanol–water partition coefficient (Wildman–Crippen LogP) is 1.62. The summed E-state index contributed by atoms with van der Waals surface area (Å²) in [5.74, 6) is 1.24. The average Bonchev–Trinajstić information content (AvgIpc) is 2.71. The maximum Gasteiger partial charge on any atom is 0.157 e. The summed E-state index contributed by atoms with van der Waals surface area (Å²) in [7, 11) is 0. The number of nitrogens with one attached hydrogen (secondary N) is 1. The highest BCUT2D eigenvalue weighted by atomic mass is 32.2. The summed E-state index contributed by atoms with van der Waals surface area (Å²) in [5, 5.41) is 4.59. The molecule has 1 aliphatic carbocycles. The summed E-state index contributed by atoms with van der Waals surface area (Å²) < 4.78 is 0. The van der Waals surface area contributed by atoms with Crippen LogP contribution in [0.3, 0.4) is 0 Å². The minimum absolute atomic E-state index is 0.633. The molecule has 1 aliphatic heterocycles. The molecule has 0 aromatic carbocycles. The van der Waals surface area contributed by atoms with Gasteiger partial charge in [-0.25, -0.2) is 0 Å². The highest BCUT2D eigenvalue weighted by Crippen LogP contribution is 2.25. The Labute approximate surface area is 71.9 Å². The Balaban J connectivity index is 1.91. The van der Waals surface area contributed by atoms with Gasteiger partial charge in [-0.3, -0.25) is 4.99 Å². The molecule has 1 atom stereocenters. The van der Waals surface area contributed by atoms with E-state index in [1.807, 2.05) is 11.8 Å². The second-order valence-corrected chi connectivity index (χ2v) is 4.43. The molecule has 62 valence electrons. The van der Waals surface area contributed by atoms with Crippen LogP contribution in [0.4, 0.5) is 0 Å². The number of amidine groups is 1. The Morgan fingerprint density at radius 3 is 2.91 bits per heavy atom. The average molecular weight is 170 g/mol. The first-order chi connectivity index (χ1) is 5.34. The molecule has 0 aromatic rings. The van der Waals surface area contributed by atoms with Crippen molar-refractivity contribution >= 4 is 16.9 Å². The fraction of sp³-hybridized carbons (Fsp3) is 0.875. The van der Waals surface area contributed by atoms with Gasteiger partial charge < -0.3 is 5.32 Å². The summed E-state index contributed by atoms with van der Waals surface area (Å²) in [5.41, 5.74) is 0. The molecule has 1 N–H and O–H groups in total. The lowest BCUT2D eigenvalue weighted by atomic mass is 10.3. The quantitative estimate of drug-likeness (QED) is 0.646.